The van der Waals surface area contributed by atoms with E-state index in [1.165, 1.54) is 16.4 Å². The number of benzene rings is 1. The van der Waals surface area contributed by atoms with Crippen LogP contribution in [-0.4, -0.2) is 49.2 Å². The van der Waals surface area contributed by atoms with E-state index in [9.17, 15) is 13.2 Å². The predicted octanol–water partition coefficient (Wildman–Crippen LogP) is 4.17. The van der Waals surface area contributed by atoms with Gasteiger partial charge in [-0.1, -0.05) is 31.4 Å². The molecule has 0 N–H and O–H groups in total. The van der Waals surface area contributed by atoms with Gasteiger partial charge in [-0.15, -0.1) is 0 Å². The van der Waals surface area contributed by atoms with Crippen molar-refractivity contribution in [3.63, 3.8) is 0 Å². The number of halogens is 1. The van der Waals surface area contributed by atoms with Crippen LogP contribution in [0.1, 0.15) is 62.7 Å². The average Bonchev–Trinajstić information content (AvgIpc) is 3.17. The summed E-state index contributed by atoms with van der Waals surface area (Å²) in [6.07, 6.45) is 6.20. The van der Waals surface area contributed by atoms with Crippen molar-refractivity contribution in [1.82, 2.24) is 9.21 Å². The van der Waals surface area contributed by atoms with Gasteiger partial charge in [-0.2, -0.15) is 4.31 Å². The van der Waals surface area contributed by atoms with Gasteiger partial charge < -0.3 is 4.90 Å². The number of hydrogen-bond donors (Lipinski definition) is 0. The Hall–Kier alpha value is -1.11. The standard InChI is InChI=1S/C20H29ClN2O3S/c1-3-23(17-8-4-5-9-17)20(24)16-10-11-18(21)19(13-16)27(25,26)22-12-6-7-15(2)14-22/h10-11,13,15,17H,3-9,12,14H2,1-2H3. The van der Waals surface area contributed by atoms with E-state index in [4.69, 9.17) is 11.6 Å². The average molecular weight is 413 g/mol. The van der Waals surface area contributed by atoms with E-state index in [2.05, 4.69) is 6.92 Å². The second-order valence-electron chi connectivity index (χ2n) is 7.79. The molecule has 1 unspecified atom stereocenters. The van der Waals surface area contributed by atoms with E-state index in [1.54, 1.807) is 6.07 Å². The predicted molar refractivity (Wildman–Crippen MR) is 108 cm³/mol. The minimum absolute atomic E-state index is 0.0478. The highest BCUT2D eigenvalue weighted by Crippen LogP contribution is 2.30. The molecule has 2 fully saturated rings. The molecule has 0 radical (unpaired) electrons. The Labute approximate surface area is 167 Å². The lowest BCUT2D eigenvalue weighted by atomic mass is 10.0. The van der Waals surface area contributed by atoms with Gasteiger partial charge in [0.2, 0.25) is 10.0 Å². The molecule has 27 heavy (non-hydrogen) atoms. The van der Waals surface area contributed by atoms with Crippen LogP contribution in [0.2, 0.25) is 5.02 Å². The first-order chi connectivity index (χ1) is 12.8. The maximum Gasteiger partial charge on any atom is 0.254 e. The summed E-state index contributed by atoms with van der Waals surface area (Å²) in [5, 5.41) is 0.175. The van der Waals surface area contributed by atoms with Crippen molar-refractivity contribution in [2.45, 2.75) is 63.3 Å². The lowest BCUT2D eigenvalue weighted by Gasteiger charge is -2.31. The Morgan fingerprint density at radius 3 is 2.56 bits per heavy atom. The number of carbonyl (C=O) groups is 1. The zero-order valence-electron chi connectivity index (χ0n) is 16.2. The van der Waals surface area contributed by atoms with Crippen molar-refractivity contribution < 1.29 is 13.2 Å². The Bertz CT molecular complexity index is 790. The number of amides is 1. The van der Waals surface area contributed by atoms with Crippen molar-refractivity contribution in [1.29, 1.82) is 0 Å². The van der Waals surface area contributed by atoms with Crippen LogP contribution in [0.25, 0.3) is 0 Å². The summed E-state index contributed by atoms with van der Waals surface area (Å²) in [6.45, 7) is 5.66. The molecule has 150 valence electrons. The Morgan fingerprint density at radius 1 is 1.22 bits per heavy atom. The number of piperidine rings is 1. The molecule has 0 bridgehead atoms. The summed E-state index contributed by atoms with van der Waals surface area (Å²) < 4.78 is 27.8. The van der Waals surface area contributed by atoms with Gasteiger partial charge in [0.05, 0.1) is 5.02 Å². The number of sulfonamides is 1. The summed E-state index contributed by atoms with van der Waals surface area (Å²) in [5.74, 6) is 0.222. The molecular formula is C20H29ClN2O3S. The van der Waals surface area contributed by atoms with Crippen molar-refractivity contribution in [2.24, 2.45) is 5.92 Å². The quantitative estimate of drug-likeness (QED) is 0.729. The summed E-state index contributed by atoms with van der Waals surface area (Å²) in [4.78, 5) is 15.0. The van der Waals surface area contributed by atoms with Crippen LogP contribution < -0.4 is 0 Å². The smallest absolute Gasteiger partial charge is 0.254 e. The largest absolute Gasteiger partial charge is 0.336 e. The van der Waals surface area contributed by atoms with Gasteiger partial charge in [-0.3, -0.25) is 4.79 Å². The first kappa shape index (κ1) is 20.6. The Kier molecular flexibility index (Phi) is 6.49. The van der Waals surface area contributed by atoms with Crippen molar-refractivity contribution in [3.05, 3.63) is 28.8 Å². The fraction of sp³-hybridized carbons (Fsp3) is 0.650. The molecule has 1 saturated carbocycles. The highest BCUT2D eigenvalue weighted by atomic mass is 35.5. The molecule has 7 heteroatoms. The second-order valence-corrected chi connectivity index (χ2v) is 10.1. The van der Waals surface area contributed by atoms with Gasteiger partial charge in [-0.05, 0) is 56.7 Å². The van der Waals surface area contributed by atoms with Gasteiger partial charge in [0, 0.05) is 31.2 Å². The fourth-order valence-corrected chi connectivity index (χ4v) is 6.39. The fourth-order valence-electron chi connectivity index (χ4n) is 4.29. The van der Waals surface area contributed by atoms with Crippen molar-refractivity contribution in [2.75, 3.05) is 19.6 Å². The van der Waals surface area contributed by atoms with Gasteiger partial charge >= 0.3 is 0 Å². The van der Waals surface area contributed by atoms with Crippen molar-refractivity contribution in [3.8, 4) is 0 Å². The number of carbonyl (C=O) groups excluding carboxylic acids is 1. The monoisotopic (exact) mass is 412 g/mol. The maximum absolute atomic E-state index is 13.1. The minimum Gasteiger partial charge on any atom is -0.336 e. The first-order valence-electron chi connectivity index (χ1n) is 9.95. The number of hydrogen-bond acceptors (Lipinski definition) is 3. The molecule has 1 aromatic carbocycles. The molecule has 0 spiro atoms. The zero-order chi connectivity index (χ0) is 19.6. The Balaban J connectivity index is 1.90. The zero-order valence-corrected chi connectivity index (χ0v) is 17.7. The summed E-state index contributed by atoms with van der Waals surface area (Å²) in [6, 6.07) is 4.90. The summed E-state index contributed by atoms with van der Waals surface area (Å²) in [7, 11) is -3.70. The summed E-state index contributed by atoms with van der Waals surface area (Å²) >= 11 is 6.25. The molecule has 1 atom stereocenters. The normalized spacial score (nSPS) is 22.1. The lowest BCUT2D eigenvalue weighted by molar-refractivity contribution is 0.0693. The van der Waals surface area contributed by atoms with Crippen LogP contribution in [0.4, 0.5) is 0 Å². The van der Waals surface area contributed by atoms with Crippen LogP contribution >= 0.6 is 11.6 Å². The van der Waals surface area contributed by atoms with Gasteiger partial charge in [0.1, 0.15) is 4.90 Å². The van der Waals surface area contributed by atoms with E-state index < -0.39 is 10.0 Å². The minimum atomic E-state index is -3.70. The molecule has 1 saturated heterocycles. The molecule has 1 amide bonds. The van der Waals surface area contributed by atoms with Gasteiger partial charge in [0.25, 0.3) is 5.91 Å². The van der Waals surface area contributed by atoms with Gasteiger partial charge in [0.15, 0.2) is 0 Å². The molecule has 1 heterocycles. The van der Waals surface area contributed by atoms with Crippen LogP contribution in [-0.2, 0) is 10.0 Å². The third-order valence-electron chi connectivity index (χ3n) is 5.78. The highest BCUT2D eigenvalue weighted by molar-refractivity contribution is 7.89. The lowest BCUT2D eigenvalue weighted by Crippen LogP contribution is -2.40. The van der Waals surface area contributed by atoms with Crippen molar-refractivity contribution >= 4 is 27.5 Å². The van der Waals surface area contributed by atoms with E-state index in [0.29, 0.717) is 31.1 Å². The second kappa shape index (κ2) is 8.50. The van der Waals surface area contributed by atoms with Crippen LogP contribution in [0.5, 0.6) is 0 Å². The molecule has 1 aliphatic heterocycles. The third-order valence-corrected chi connectivity index (χ3v) is 8.13. The molecule has 1 aromatic rings. The van der Waals surface area contributed by atoms with E-state index in [0.717, 1.165) is 38.5 Å². The van der Waals surface area contributed by atoms with Crippen LogP contribution in [0.3, 0.4) is 0 Å². The molecule has 5 nitrogen and oxygen atoms in total. The maximum atomic E-state index is 13.1. The number of nitrogens with zero attached hydrogens (tertiary/aromatic N) is 2. The van der Waals surface area contributed by atoms with Gasteiger partial charge in [-0.25, -0.2) is 8.42 Å². The van der Waals surface area contributed by atoms with Crippen LogP contribution in [0, 0.1) is 5.92 Å². The van der Waals surface area contributed by atoms with E-state index >= 15 is 0 Å². The van der Waals surface area contributed by atoms with E-state index in [-0.39, 0.29) is 21.9 Å². The third kappa shape index (κ3) is 4.33. The molecular weight excluding hydrogens is 384 g/mol. The molecule has 1 aliphatic carbocycles. The Morgan fingerprint density at radius 2 is 1.93 bits per heavy atom. The topological polar surface area (TPSA) is 57.7 Å². The number of rotatable bonds is 5. The van der Waals surface area contributed by atoms with Crippen LogP contribution in [0.15, 0.2) is 23.1 Å². The molecule has 3 rings (SSSR count). The molecule has 0 aromatic heterocycles. The van der Waals surface area contributed by atoms with E-state index in [1.807, 2.05) is 11.8 Å². The highest BCUT2D eigenvalue weighted by Gasteiger charge is 2.32. The first-order valence-corrected chi connectivity index (χ1v) is 11.8. The molecule has 2 aliphatic rings. The summed E-state index contributed by atoms with van der Waals surface area (Å²) in [5.41, 5.74) is 0.400. The SMILES string of the molecule is CCN(C(=O)c1ccc(Cl)c(S(=O)(=O)N2CCCC(C)C2)c1)C1CCCC1.